The van der Waals surface area contributed by atoms with E-state index in [1.54, 1.807) is 0 Å². The van der Waals surface area contributed by atoms with Crippen LogP contribution in [-0.2, 0) is 0 Å². The number of hydrogen-bond acceptors (Lipinski definition) is 2. The van der Waals surface area contributed by atoms with Gasteiger partial charge in [-0.25, -0.2) is 0 Å². The van der Waals surface area contributed by atoms with E-state index >= 15 is 0 Å². The van der Waals surface area contributed by atoms with Gasteiger partial charge < -0.3 is 11.1 Å². The molecule has 0 aliphatic heterocycles. The fourth-order valence-electron chi connectivity index (χ4n) is 0.529. The van der Waals surface area contributed by atoms with Crippen molar-refractivity contribution in [2.24, 2.45) is 5.73 Å². The molecule has 8 heavy (non-hydrogen) atoms. The molecule has 0 radical (unpaired) electrons. The summed E-state index contributed by atoms with van der Waals surface area (Å²) in [6.45, 7) is 5.25. The highest BCUT2D eigenvalue weighted by Gasteiger charge is 1.81. The number of hydrogen-bond donors (Lipinski definition) is 2. The van der Waals surface area contributed by atoms with Crippen molar-refractivity contribution < 1.29 is 0 Å². The average molecular weight is 132 g/mol. The van der Waals surface area contributed by atoms with E-state index < -0.39 is 0 Å². The number of nitrogens with two attached hydrogens (primary N) is 1. The smallest absolute Gasteiger partial charge is 0.0182 e. The van der Waals surface area contributed by atoms with Crippen molar-refractivity contribution in [2.75, 3.05) is 19.6 Å². The minimum Gasteiger partial charge on any atom is -0.329 e. The van der Waals surface area contributed by atoms with Crippen LogP contribution in [-0.4, -0.2) is 29.2 Å². The highest BCUT2D eigenvalue weighted by Crippen LogP contribution is 1.71. The van der Waals surface area contributed by atoms with Gasteiger partial charge in [0.1, 0.15) is 0 Å². The summed E-state index contributed by atoms with van der Waals surface area (Å²) < 4.78 is 0. The van der Waals surface area contributed by atoms with Crippen LogP contribution in [0.3, 0.4) is 0 Å². The second-order valence-electron chi connectivity index (χ2n) is 1.89. The molecule has 0 aromatic rings. The summed E-state index contributed by atoms with van der Waals surface area (Å²) in [6, 6.07) is 1.40. The summed E-state index contributed by atoms with van der Waals surface area (Å²) in [7, 11) is 0.283. The third-order valence-electron chi connectivity index (χ3n) is 1.03. The van der Waals surface area contributed by atoms with Crippen LogP contribution in [0.25, 0.3) is 0 Å². The van der Waals surface area contributed by atoms with E-state index in [4.69, 9.17) is 5.73 Å². The van der Waals surface area contributed by atoms with E-state index in [1.165, 1.54) is 12.6 Å². The second kappa shape index (κ2) is 7.14. The standard InChI is InChI=1S/C5H16N2Si/c1-8-5-4-7-3-2-6/h7H,2-6,8H2,1H3. The van der Waals surface area contributed by atoms with Crippen molar-refractivity contribution in [3.05, 3.63) is 0 Å². The molecule has 0 aromatic carbocycles. The van der Waals surface area contributed by atoms with Crippen molar-refractivity contribution in [3.63, 3.8) is 0 Å². The molecule has 0 heterocycles. The van der Waals surface area contributed by atoms with Gasteiger partial charge in [-0.3, -0.25) is 0 Å². The van der Waals surface area contributed by atoms with Gasteiger partial charge in [-0.1, -0.05) is 12.6 Å². The molecule has 3 heteroatoms. The monoisotopic (exact) mass is 132 g/mol. The summed E-state index contributed by atoms with van der Waals surface area (Å²) in [5.41, 5.74) is 5.26. The highest BCUT2D eigenvalue weighted by molar-refractivity contribution is 6.33. The molecule has 0 atom stereocenters. The van der Waals surface area contributed by atoms with Crippen molar-refractivity contribution >= 4 is 9.52 Å². The Hall–Kier alpha value is 0.137. The van der Waals surface area contributed by atoms with Crippen LogP contribution in [0.2, 0.25) is 12.6 Å². The lowest BCUT2D eigenvalue weighted by Gasteiger charge is -1.97. The summed E-state index contributed by atoms with van der Waals surface area (Å²) >= 11 is 0. The molecule has 0 saturated carbocycles. The summed E-state index contributed by atoms with van der Waals surface area (Å²) in [5, 5.41) is 3.25. The predicted molar refractivity (Wildman–Crippen MR) is 41.1 cm³/mol. The van der Waals surface area contributed by atoms with Gasteiger partial charge in [-0.15, -0.1) is 0 Å². The molecule has 0 amide bonds. The van der Waals surface area contributed by atoms with Crippen LogP contribution in [0.5, 0.6) is 0 Å². The molecular weight excluding hydrogens is 116 g/mol. The lowest BCUT2D eigenvalue weighted by Crippen LogP contribution is -2.23. The Morgan fingerprint density at radius 1 is 1.50 bits per heavy atom. The Bertz CT molecular complexity index is 35.4. The molecule has 2 nitrogen and oxygen atoms in total. The second-order valence-corrected chi connectivity index (χ2v) is 3.60. The van der Waals surface area contributed by atoms with Crippen LogP contribution in [0.4, 0.5) is 0 Å². The Kier molecular flexibility index (Phi) is 7.26. The number of nitrogens with one attached hydrogen (secondary N) is 1. The first kappa shape index (κ1) is 8.14. The van der Waals surface area contributed by atoms with Crippen LogP contribution in [0.1, 0.15) is 0 Å². The quantitative estimate of drug-likeness (QED) is 0.378. The zero-order valence-corrected chi connectivity index (χ0v) is 7.03. The van der Waals surface area contributed by atoms with Gasteiger partial charge in [-0.05, 0) is 6.54 Å². The minimum absolute atomic E-state index is 0.283. The van der Waals surface area contributed by atoms with Crippen LogP contribution >= 0.6 is 0 Å². The first-order chi connectivity index (χ1) is 3.91. The lowest BCUT2D eigenvalue weighted by atomic mass is 10.6. The van der Waals surface area contributed by atoms with Crippen LogP contribution < -0.4 is 11.1 Å². The Morgan fingerprint density at radius 3 is 2.75 bits per heavy atom. The van der Waals surface area contributed by atoms with E-state index in [2.05, 4.69) is 11.9 Å². The molecule has 0 unspecified atom stereocenters. The Balaban J connectivity index is 2.53. The van der Waals surface area contributed by atoms with Gasteiger partial charge in [0.25, 0.3) is 0 Å². The fourth-order valence-corrected chi connectivity index (χ4v) is 1.13. The molecule has 0 aliphatic rings. The van der Waals surface area contributed by atoms with Gasteiger partial charge in [0.15, 0.2) is 0 Å². The summed E-state index contributed by atoms with van der Waals surface area (Å²) in [6.07, 6.45) is 0. The first-order valence-electron chi connectivity index (χ1n) is 3.32. The zero-order chi connectivity index (χ0) is 6.24. The molecular formula is C5H16N2Si. The zero-order valence-electron chi connectivity index (χ0n) is 5.61. The molecule has 3 N–H and O–H groups in total. The van der Waals surface area contributed by atoms with E-state index in [9.17, 15) is 0 Å². The van der Waals surface area contributed by atoms with E-state index in [1.807, 2.05) is 0 Å². The van der Waals surface area contributed by atoms with Crippen LogP contribution in [0, 0.1) is 0 Å². The van der Waals surface area contributed by atoms with Gasteiger partial charge in [0, 0.05) is 22.6 Å². The Morgan fingerprint density at radius 2 is 2.25 bits per heavy atom. The van der Waals surface area contributed by atoms with Gasteiger partial charge >= 0.3 is 0 Å². The maximum atomic E-state index is 5.26. The number of rotatable bonds is 5. The third-order valence-corrected chi connectivity index (χ3v) is 2.09. The van der Waals surface area contributed by atoms with Crippen molar-refractivity contribution in [1.29, 1.82) is 0 Å². The van der Waals surface area contributed by atoms with Crippen molar-refractivity contribution in [3.8, 4) is 0 Å². The largest absolute Gasteiger partial charge is 0.329 e. The summed E-state index contributed by atoms with van der Waals surface area (Å²) in [4.78, 5) is 0. The SMILES string of the molecule is C[SiH2]CCNCCN. The van der Waals surface area contributed by atoms with Gasteiger partial charge in [0.05, 0.1) is 0 Å². The van der Waals surface area contributed by atoms with E-state index in [0.717, 1.165) is 13.1 Å². The lowest BCUT2D eigenvalue weighted by molar-refractivity contribution is 0.723. The molecule has 0 fully saturated rings. The van der Waals surface area contributed by atoms with Gasteiger partial charge in [-0.2, -0.15) is 0 Å². The molecule has 0 saturated heterocycles. The van der Waals surface area contributed by atoms with Crippen molar-refractivity contribution in [1.82, 2.24) is 5.32 Å². The molecule has 0 spiro atoms. The predicted octanol–water partition coefficient (Wildman–Crippen LogP) is -0.830. The van der Waals surface area contributed by atoms with Crippen molar-refractivity contribution in [2.45, 2.75) is 12.6 Å². The van der Waals surface area contributed by atoms with E-state index in [-0.39, 0.29) is 9.52 Å². The molecule has 0 bridgehead atoms. The van der Waals surface area contributed by atoms with Gasteiger partial charge in [0.2, 0.25) is 0 Å². The van der Waals surface area contributed by atoms with Crippen LogP contribution in [0.15, 0.2) is 0 Å². The fraction of sp³-hybridized carbons (Fsp3) is 1.00. The first-order valence-corrected chi connectivity index (χ1v) is 5.74. The highest BCUT2D eigenvalue weighted by atomic mass is 28.2. The molecule has 0 rings (SSSR count). The maximum Gasteiger partial charge on any atom is 0.0182 e. The normalized spacial score (nSPS) is 11.2. The molecule has 0 aromatic heterocycles. The topological polar surface area (TPSA) is 38.0 Å². The van der Waals surface area contributed by atoms with E-state index in [0.29, 0.717) is 0 Å². The molecule has 50 valence electrons. The third kappa shape index (κ3) is 6.14. The summed E-state index contributed by atoms with van der Waals surface area (Å²) in [5.74, 6) is 0. The maximum absolute atomic E-state index is 5.26. The molecule has 0 aliphatic carbocycles. The minimum atomic E-state index is 0.283. The average Bonchev–Trinajstić information content (AvgIpc) is 1.81. The Labute approximate surface area is 53.7 Å².